The number of benzene rings is 2. The summed E-state index contributed by atoms with van der Waals surface area (Å²) < 4.78 is 10.7. The zero-order valence-electron chi connectivity index (χ0n) is 12.3. The van der Waals surface area contributed by atoms with Gasteiger partial charge in [0.25, 0.3) is 0 Å². The predicted octanol–water partition coefficient (Wildman–Crippen LogP) is 3.07. The molecule has 1 atom stereocenters. The molecule has 5 nitrogen and oxygen atoms in total. The number of carbonyl (C=O) groups is 2. The Balaban J connectivity index is 1.97. The zero-order chi connectivity index (χ0) is 16.1. The average Bonchev–Trinajstić information content (AvgIpc) is 2.47. The van der Waals surface area contributed by atoms with Gasteiger partial charge in [-0.15, -0.1) is 0 Å². The molecule has 0 aromatic heterocycles. The second-order valence-corrected chi connectivity index (χ2v) is 4.83. The molecule has 114 valence electrons. The van der Waals surface area contributed by atoms with Crippen LogP contribution in [0.3, 0.4) is 0 Å². The van der Waals surface area contributed by atoms with Crippen molar-refractivity contribution in [3.05, 3.63) is 59.7 Å². The number of aryl methyl sites for hydroxylation is 1. The topological polar surface area (TPSA) is 72.8 Å². The Morgan fingerprint density at radius 3 is 2.32 bits per heavy atom. The third-order valence-corrected chi connectivity index (χ3v) is 2.95. The summed E-state index contributed by atoms with van der Waals surface area (Å²) in [6.45, 7) is 3.52. The minimum Gasteiger partial charge on any atom is -0.479 e. The lowest BCUT2D eigenvalue weighted by Crippen LogP contribution is -2.28. The number of carbonyl (C=O) groups excluding carboxylic acids is 1. The Morgan fingerprint density at radius 2 is 1.73 bits per heavy atom. The first-order valence-electron chi connectivity index (χ1n) is 6.74. The molecule has 0 aliphatic carbocycles. The first-order valence-corrected chi connectivity index (χ1v) is 6.74. The van der Waals surface area contributed by atoms with Crippen molar-refractivity contribution in [2.24, 2.45) is 0 Å². The Bertz CT molecular complexity index is 676. The molecular weight excluding hydrogens is 284 g/mol. The summed E-state index contributed by atoms with van der Waals surface area (Å²) in [5.41, 5.74) is 1.16. The van der Waals surface area contributed by atoms with E-state index in [2.05, 4.69) is 0 Å². The maximum absolute atomic E-state index is 12.0. The Hall–Kier alpha value is -2.82. The highest BCUT2D eigenvalue weighted by Gasteiger charge is 2.17. The van der Waals surface area contributed by atoms with Gasteiger partial charge in [0.1, 0.15) is 11.5 Å². The summed E-state index contributed by atoms with van der Waals surface area (Å²) in [5, 5.41) is 8.80. The highest BCUT2D eigenvalue weighted by Crippen LogP contribution is 2.17. The predicted molar refractivity (Wildman–Crippen MR) is 80.3 cm³/mol. The van der Waals surface area contributed by atoms with Crippen LogP contribution in [-0.2, 0) is 4.79 Å². The lowest BCUT2D eigenvalue weighted by molar-refractivity contribution is -0.141. The summed E-state index contributed by atoms with van der Waals surface area (Å²) in [6, 6.07) is 13.0. The van der Waals surface area contributed by atoms with E-state index in [-0.39, 0.29) is 11.3 Å². The largest absolute Gasteiger partial charge is 0.479 e. The molecule has 0 radical (unpaired) electrons. The SMILES string of the molecule is Cc1cccc(OC(C)C(=O)Oc2ccc(C(=O)O)cc2)c1. The molecule has 2 aromatic carbocycles. The van der Waals surface area contributed by atoms with Crippen LogP contribution in [0.25, 0.3) is 0 Å². The number of aromatic carboxylic acids is 1. The zero-order valence-corrected chi connectivity index (χ0v) is 12.3. The minimum absolute atomic E-state index is 0.129. The van der Waals surface area contributed by atoms with Crippen molar-refractivity contribution in [2.45, 2.75) is 20.0 Å². The molecule has 2 rings (SSSR count). The Morgan fingerprint density at radius 1 is 1.05 bits per heavy atom. The molecule has 0 amide bonds. The van der Waals surface area contributed by atoms with Gasteiger partial charge in [0.15, 0.2) is 6.10 Å². The van der Waals surface area contributed by atoms with Crippen LogP contribution in [-0.4, -0.2) is 23.1 Å². The fourth-order valence-corrected chi connectivity index (χ4v) is 1.81. The maximum Gasteiger partial charge on any atom is 0.352 e. The van der Waals surface area contributed by atoms with Gasteiger partial charge in [-0.05, 0) is 55.8 Å². The Labute approximate surface area is 128 Å². The number of carboxylic acid groups (broad SMARTS) is 1. The van der Waals surface area contributed by atoms with Crippen LogP contribution in [0.2, 0.25) is 0 Å². The van der Waals surface area contributed by atoms with Gasteiger partial charge in [0.2, 0.25) is 0 Å². The second-order valence-electron chi connectivity index (χ2n) is 4.83. The van der Waals surface area contributed by atoms with Crippen LogP contribution in [0.1, 0.15) is 22.8 Å². The van der Waals surface area contributed by atoms with Crippen LogP contribution in [0, 0.1) is 6.92 Å². The first kappa shape index (κ1) is 15.6. The number of hydrogen-bond donors (Lipinski definition) is 1. The standard InChI is InChI=1S/C17H16O5/c1-11-4-3-5-15(10-11)21-12(2)17(20)22-14-8-6-13(7-9-14)16(18)19/h3-10,12H,1-2H3,(H,18,19). The van der Waals surface area contributed by atoms with Gasteiger partial charge in [-0.1, -0.05) is 12.1 Å². The molecule has 0 aliphatic heterocycles. The van der Waals surface area contributed by atoms with E-state index in [9.17, 15) is 9.59 Å². The number of rotatable bonds is 5. The van der Waals surface area contributed by atoms with Crippen molar-refractivity contribution >= 4 is 11.9 Å². The molecule has 0 spiro atoms. The lowest BCUT2D eigenvalue weighted by Gasteiger charge is -2.14. The third kappa shape index (κ3) is 4.09. The quantitative estimate of drug-likeness (QED) is 0.678. The molecule has 0 saturated carbocycles. The molecule has 0 heterocycles. The van der Waals surface area contributed by atoms with Crippen molar-refractivity contribution < 1.29 is 24.2 Å². The number of carboxylic acids is 1. The van der Waals surface area contributed by atoms with Crippen LogP contribution in [0.15, 0.2) is 48.5 Å². The van der Waals surface area contributed by atoms with Crippen LogP contribution in [0.5, 0.6) is 11.5 Å². The van der Waals surface area contributed by atoms with Gasteiger partial charge in [-0.2, -0.15) is 0 Å². The van der Waals surface area contributed by atoms with E-state index in [1.165, 1.54) is 24.3 Å². The summed E-state index contributed by atoms with van der Waals surface area (Å²) in [5.74, 6) is -0.723. The average molecular weight is 300 g/mol. The molecule has 0 bridgehead atoms. The number of hydrogen-bond acceptors (Lipinski definition) is 4. The highest BCUT2D eigenvalue weighted by molar-refractivity contribution is 5.87. The van der Waals surface area contributed by atoms with Gasteiger partial charge in [0.05, 0.1) is 5.56 Å². The minimum atomic E-state index is -1.03. The van der Waals surface area contributed by atoms with Gasteiger partial charge in [-0.3, -0.25) is 0 Å². The first-order chi connectivity index (χ1) is 10.5. The van der Waals surface area contributed by atoms with E-state index in [4.69, 9.17) is 14.6 Å². The smallest absolute Gasteiger partial charge is 0.352 e. The van der Waals surface area contributed by atoms with Gasteiger partial charge < -0.3 is 14.6 Å². The van der Waals surface area contributed by atoms with E-state index >= 15 is 0 Å². The van der Waals surface area contributed by atoms with Crippen LogP contribution in [0.4, 0.5) is 0 Å². The van der Waals surface area contributed by atoms with Crippen molar-refractivity contribution in [3.63, 3.8) is 0 Å². The molecular formula is C17H16O5. The molecule has 2 aromatic rings. The summed E-state index contributed by atoms with van der Waals surface area (Å²) in [7, 11) is 0. The summed E-state index contributed by atoms with van der Waals surface area (Å²) in [4.78, 5) is 22.7. The van der Waals surface area contributed by atoms with E-state index in [1.807, 2.05) is 25.1 Å². The molecule has 0 fully saturated rings. The molecule has 1 N–H and O–H groups in total. The van der Waals surface area contributed by atoms with Gasteiger partial charge in [0, 0.05) is 0 Å². The molecule has 0 saturated heterocycles. The van der Waals surface area contributed by atoms with E-state index in [1.54, 1.807) is 13.0 Å². The van der Waals surface area contributed by atoms with Gasteiger partial charge in [-0.25, -0.2) is 9.59 Å². The summed E-state index contributed by atoms with van der Waals surface area (Å²) >= 11 is 0. The lowest BCUT2D eigenvalue weighted by atomic mass is 10.2. The van der Waals surface area contributed by atoms with Crippen LogP contribution >= 0.6 is 0 Å². The third-order valence-electron chi connectivity index (χ3n) is 2.95. The summed E-state index contributed by atoms with van der Waals surface area (Å²) in [6.07, 6.45) is -0.777. The molecule has 0 aliphatic rings. The molecule has 1 unspecified atom stereocenters. The van der Waals surface area contributed by atoms with Crippen molar-refractivity contribution in [2.75, 3.05) is 0 Å². The Kier molecular flexibility index (Phi) is 4.78. The second kappa shape index (κ2) is 6.76. The van der Waals surface area contributed by atoms with Crippen molar-refractivity contribution in [1.29, 1.82) is 0 Å². The number of esters is 1. The number of ether oxygens (including phenoxy) is 2. The molecule has 22 heavy (non-hydrogen) atoms. The molecule has 5 heteroatoms. The monoisotopic (exact) mass is 300 g/mol. The normalized spacial score (nSPS) is 11.5. The fraction of sp³-hybridized carbons (Fsp3) is 0.176. The highest BCUT2D eigenvalue weighted by atomic mass is 16.6. The van der Waals surface area contributed by atoms with Crippen molar-refractivity contribution in [1.82, 2.24) is 0 Å². The fourth-order valence-electron chi connectivity index (χ4n) is 1.81. The van der Waals surface area contributed by atoms with E-state index in [0.717, 1.165) is 5.56 Å². The van der Waals surface area contributed by atoms with Crippen molar-refractivity contribution in [3.8, 4) is 11.5 Å². The van der Waals surface area contributed by atoms with Crippen LogP contribution < -0.4 is 9.47 Å². The van der Waals surface area contributed by atoms with Gasteiger partial charge >= 0.3 is 11.9 Å². The van der Waals surface area contributed by atoms with E-state index < -0.39 is 18.0 Å². The van der Waals surface area contributed by atoms with E-state index in [0.29, 0.717) is 5.75 Å². The maximum atomic E-state index is 12.0.